The summed E-state index contributed by atoms with van der Waals surface area (Å²) in [5, 5.41) is 3.03. The molecule has 1 unspecified atom stereocenters. The minimum Gasteiger partial charge on any atom is -0.497 e. The van der Waals surface area contributed by atoms with E-state index in [0.717, 1.165) is 17.0 Å². The van der Waals surface area contributed by atoms with Crippen molar-refractivity contribution in [2.45, 2.75) is 58.7 Å². The molecule has 1 aromatic carbocycles. The summed E-state index contributed by atoms with van der Waals surface area (Å²) >= 11 is 0. The highest BCUT2D eigenvalue weighted by Crippen LogP contribution is 2.18. The van der Waals surface area contributed by atoms with Crippen molar-refractivity contribution in [1.82, 2.24) is 19.8 Å². The van der Waals surface area contributed by atoms with Gasteiger partial charge in [-0.05, 0) is 50.5 Å². The summed E-state index contributed by atoms with van der Waals surface area (Å²) in [7, 11) is 1.62. The van der Waals surface area contributed by atoms with Crippen LogP contribution >= 0.6 is 0 Å². The van der Waals surface area contributed by atoms with Crippen molar-refractivity contribution >= 4 is 11.8 Å². The molecule has 8 heteroatoms. The van der Waals surface area contributed by atoms with Gasteiger partial charge in [-0.1, -0.05) is 12.1 Å². The van der Waals surface area contributed by atoms with Crippen LogP contribution in [0.3, 0.4) is 0 Å². The summed E-state index contributed by atoms with van der Waals surface area (Å²) in [4.78, 5) is 42.8. The van der Waals surface area contributed by atoms with Gasteiger partial charge in [-0.25, -0.2) is 4.79 Å². The van der Waals surface area contributed by atoms with Crippen LogP contribution in [0, 0.1) is 13.8 Å². The predicted octanol–water partition coefficient (Wildman–Crippen LogP) is 1.96. The van der Waals surface area contributed by atoms with Crippen molar-refractivity contribution in [1.29, 1.82) is 0 Å². The molecule has 1 aromatic heterocycles. The van der Waals surface area contributed by atoms with Gasteiger partial charge in [-0.3, -0.25) is 14.2 Å². The fraction of sp³-hybridized carbons (Fsp3) is 0.478. The van der Waals surface area contributed by atoms with Crippen molar-refractivity contribution in [2.75, 3.05) is 13.7 Å². The van der Waals surface area contributed by atoms with E-state index in [-0.39, 0.29) is 36.5 Å². The number of hydrogen-bond acceptors (Lipinski definition) is 5. The third-order valence-electron chi connectivity index (χ3n) is 5.59. The second kappa shape index (κ2) is 10.2. The molecule has 8 nitrogen and oxygen atoms in total. The zero-order valence-corrected chi connectivity index (χ0v) is 18.4. The summed E-state index contributed by atoms with van der Waals surface area (Å²) in [5.74, 6) is 0.737. The van der Waals surface area contributed by atoms with Crippen LogP contribution in [0.5, 0.6) is 5.75 Å². The molecule has 2 amide bonds. The van der Waals surface area contributed by atoms with E-state index in [9.17, 15) is 14.4 Å². The van der Waals surface area contributed by atoms with Crippen LogP contribution < -0.4 is 15.7 Å². The zero-order chi connectivity index (χ0) is 22.4. The van der Waals surface area contributed by atoms with Gasteiger partial charge in [0.2, 0.25) is 11.8 Å². The molecule has 0 radical (unpaired) electrons. The van der Waals surface area contributed by atoms with Crippen LogP contribution in [0.25, 0.3) is 0 Å². The quantitative estimate of drug-likeness (QED) is 0.731. The lowest BCUT2D eigenvalue weighted by Crippen LogP contribution is -2.37. The largest absolute Gasteiger partial charge is 0.497 e. The maximum absolute atomic E-state index is 12.6. The van der Waals surface area contributed by atoms with E-state index in [4.69, 9.17) is 4.74 Å². The lowest BCUT2D eigenvalue weighted by molar-refractivity contribution is -0.131. The van der Waals surface area contributed by atoms with Crippen molar-refractivity contribution in [3.05, 3.63) is 57.8 Å². The standard InChI is InChI=1S/C23H30N4O4/c1-16-13-17(2)27(23(30)24-16)12-10-21(28)25-19-7-8-22(29)26(11-9-19)15-18-5-4-6-20(14-18)31-3/h4-6,13-14,19H,7-12,15H2,1-3H3,(H,25,28). The Morgan fingerprint density at radius 1 is 1.23 bits per heavy atom. The Morgan fingerprint density at radius 3 is 2.77 bits per heavy atom. The molecule has 2 heterocycles. The first-order valence-corrected chi connectivity index (χ1v) is 10.6. The highest BCUT2D eigenvalue weighted by molar-refractivity contribution is 5.78. The monoisotopic (exact) mass is 426 g/mol. The molecule has 0 bridgehead atoms. The second-order valence-corrected chi connectivity index (χ2v) is 7.98. The number of hydrogen-bond donors (Lipinski definition) is 1. The van der Waals surface area contributed by atoms with Gasteiger partial charge in [0.05, 0.1) is 7.11 Å². The van der Waals surface area contributed by atoms with Crippen molar-refractivity contribution < 1.29 is 14.3 Å². The fourth-order valence-corrected chi connectivity index (χ4v) is 3.90. The van der Waals surface area contributed by atoms with Crippen LogP contribution in [0.15, 0.2) is 35.1 Å². The number of aryl methyl sites for hydroxylation is 2. The van der Waals surface area contributed by atoms with Gasteiger partial charge in [0.1, 0.15) is 5.75 Å². The summed E-state index contributed by atoms with van der Waals surface area (Å²) in [5.41, 5.74) is 2.14. The van der Waals surface area contributed by atoms with Gasteiger partial charge in [0.25, 0.3) is 0 Å². The molecule has 1 aliphatic rings. The van der Waals surface area contributed by atoms with E-state index in [1.807, 2.05) is 42.2 Å². The number of aromatic nitrogens is 2. The molecule has 1 saturated heterocycles. The molecule has 166 valence electrons. The van der Waals surface area contributed by atoms with Gasteiger partial charge >= 0.3 is 5.69 Å². The predicted molar refractivity (Wildman–Crippen MR) is 117 cm³/mol. The van der Waals surface area contributed by atoms with Crippen LogP contribution in [-0.2, 0) is 22.7 Å². The summed E-state index contributed by atoms with van der Waals surface area (Å²) < 4.78 is 6.77. The Bertz CT molecular complexity index is 1000. The van der Waals surface area contributed by atoms with E-state index < -0.39 is 0 Å². The highest BCUT2D eigenvalue weighted by atomic mass is 16.5. The third-order valence-corrected chi connectivity index (χ3v) is 5.59. The molecule has 1 fully saturated rings. The number of nitrogens with one attached hydrogen (secondary N) is 1. The third kappa shape index (κ3) is 6.16. The van der Waals surface area contributed by atoms with Crippen molar-refractivity contribution in [3.63, 3.8) is 0 Å². The molecule has 1 atom stereocenters. The zero-order valence-electron chi connectivity index (χ0n) is 18.4. The first-order chi connectivity index (χ1) is 14.9. The normalized spacial score (nSPS) is 16.7. The van der Waals surface area contributed by atoms with E-state index in [0.29, 0.717) is 38.0 Å². The maximum Gasteiger partial charge on any atom is 0.347 e. The number of nitrogens with zero attached hydrogens (tertiary/aromatic N) is 3. The summed E-state index contributed by atoms with van der Waals surface area (Å²) in [6, 6.07) is 9.47. The van der Waals surface area contributed by atoms with Crippen LogP contribution in [0.2, 0.25) is 0 Å². The Labute approximate surface area is 182 Å². The van der Waals surface area contributed by atoms with Gasteiger partial charge in [-0.15, -0.1) is 0 Å². The Hall–Kier alpha value is -3.16. The van der Waals surface area contributed by atoms with Crippen LogP contribution in [-0.4, -0.2) is 46.0 Å². The second-order valence-electron chi connectivity index (χ2n) is 7.98. The number of ether oxygens (including phenoxy) is 1. The molecule has 2 aromatic rings. The highest BCUT2D eigenvalue weighted by Gasteiger charge is 2.23. The van der Waals surface area contributed by atoms with Crippen LogP contribution in [0.1, 0.15) is 42.6 Å². The Balaban J connectivity index is 1.52. The molecule has 1 aliphatic heterocycles. The first-order valence-electron chi connectivity index (χ1n) is 10.6. The molecule has 0 aliphatic carbocycles. The smallest absolute Gasteiger partial charge is 0.347 e. The van der Waals surface area contributed by atoms with Gasteiger partial charge in [-0.2, -0.15) is 4.98 Å². The van der Waals surface area contributed by atoms with E-state index in [1.165, 1.54) is 4.57 Å². The summed E-state index contributed by atoms with van der Waals surface area (Å²) in [6.45, 7) is 5.01. The number of carbonyl (C=O) groups excluding carboxylic acids is 2. The molecule has 31 heavy (non-hydrogen) atoms. The number of rotatable bonds is 7. The lowest BCUT2D eigenvalue weighted by Gasteiger charge is -2.21. The number of likely N-dealkylation sites (tertiary alicyclic amines) is 1. The van der Waals surface area contributed by atoms with Gasteiger partial charge in [0.15, 0.2) is 0 Å². The van der Waals surface area contributed by atoms with Crippen molar-refractivity contribution in [2.24, 2.45) is 0 Å². The van der Waals surface area contributed by atoms with Gasteiger partial charge in [0, 0.05) is 49.9 Å². The molecule has 3 rings (SSSR count). The minimum absolute atomic E-state index is 0.0549. The molecular weight excluding hydrogens is 396 g/mol. The topological polar surface area (TPSA) is 93.5 Å². The number of benzene rings is 1. The summed E-state index contributed by atoms with van der Waals surface area (Å²) in [6.07, 6.45) is 1.91. The van der Waals surface area contributed by atoms with E-state index in [2.05, 4.69) is 10.3 Å². The molecule has 1 N–H and O–H groups in total. The van der Waals surface area contributed by atoms with Crippen LogP contribution in [0.4, 0.5) is 0 Å². The number of amides is 2. The SMILES string of the molecule is COc1cccc(CN2CCC(NC(=O)CCn3c(C)cc(C)nc3=O)CCC2=O)c1. The van der Waals surface area contributed by atoms with E-state index in [1.54, 1.807) is 14.0 Å². The number of carbonyl (C=O) groups is 2. The minimum atomic E-state index is -0.335. The van der Waals surface area contributed by atoms with Crippen molar-refractivity contribution in [3.8, 4) is 5.75 Å². The number of methoxy groups -OCH3 is 1. The molecular formula is C23H30N4O4. The van der Waals surface area contributed by atoms with Gasteiger partial charge < -0.3 is 15.0 Å². The average molecular weight is 427 g/mol. The molecule has 0 saturated carbocycles. The maximum atomic E-state index is 12.6. The Morgan fingerprint density at radius 2 is 2.03 bits per heavy atom. The average Bonchev–Trinajstić information content (AvgIpc) is 2.89. The Kier molecular flexibility index (Phi) is 7.44. The molecule has 0 spiro atoms. The van der Waals surface area contributed by atoms with E-state index >= 15 is 0 Å². The first kappa shape index (κ1) is 22.5. The fourth-order valence-electron chi connectivity index (χ4n) is 3.90. The lowest BCUT2D eigenvalue weighted by atomic mass is 10.1.